The molecule has 0 radical (unpaired) electrons. The van der Waals surface area contributed by atoms with E-state index in [4.69, 9.17) is 0 Å². The van der Waals surface area contributed by atoms with Gasteiger partial charge in [-0.2, -0.15) is 0 Å². The highest BCUT2D eigenvalue weighted by molar-refractivity contribution is 5.65. The van der Waals surface area contributed by atoms with Crippen molar-refractivity contribution in [3.63, 3.8) is 0 Å². The molecule has 0 N–H and O–H groups in total. The Kier molecular flexibility index (Phi) is 6.14. The van der Waals surface area contributed by atoms with Crippen LogP contribution < -0.4 is 0 Å². The molecule has 0 heteroatoms. The van der Waals surface area contributed by atoms with Crippen molar-refractivity contribution in [2.24, 2.45) is 0 Å². The lowest BCUT2D eigenvalue weighted by atomic mass is 10.00. The van der Waals surface area contributed by atoms with Gasteiger partial charge in [0.1, 0.15) is 0 Å². The van der Waals surface area contributed by atoms with Crippen molar-refractivity contribution < 1.29 is 0 Å². The van der Waals surface area contributed by atoms with Crippen LogP contribution in [0.15, 0.2) is 54.3 Å². The van der Waals surface area contributed by atoms with E-state index in [1.807, 2.05) is 6.08 Å². The highest BCUT2D eigenvalue weighted by atomic mass is 14.0. The molecule has 0 heterocycles. The third kappa shape index (κ3) is 4.89. The van der Waals surface area contributed by atoms with Gasteiger partial charge in [0.2, 0.25) is 0 Å². The quantitative estimate of drug-likeness (QED) is 0.451. The molecule has 0 bridgehead atoms. The summed E-state index contributed by atoms with van der Waals surface area (Å²) < 4.78 is 0. The zero-order chi connectivity index (χ0) is 12.5. The standard InChI is InChI=1S/C17H22/c1-4-6-11-17(14-15(3)10-5-2)16-12-8-7-9-13-16/h5,7-9,12-13H,2,4,6,10-11H2,1,3H3. The van der Waals surface area contributed by atoms with Crippen LogP contribution in [0.4, 0.5) is 0 Å². The fourth-order valence-electron chi connectivity index (χ4n) is 1.80. The Bertz CT molecular complexity index is 403. The summed E-state index contributed by atoms with van der Waals surface area (Å²) in [6, 6.07) is 10.6. The minimum absolute atomic E-state index is 0.919. The third-order valence-electron chi connectivity index (χ3n) is 2.72. The van der Waals surface area contributed by atoms with Crippen LogP contribution in [0.1, 0.15) is 45.1 Å². The van der Waals surface area contributed by atoms with Crippen molar-refractivity contribution in [3.8, 4) is 0 Å². The summed E-state index contributed by atoms with van der Waals surface area (Å²) in [4.78, 5) is 0. The van der Waals surface area contributed by atoms with Crippen molar-refractivity contribution in [1.29, 1.82) is 0 Å². The van der Waals surface area contributed by atoms with Crippen molar-refractivity contribution in [2.45, 2.75) is 39.5 Å². The molecule has 1 aromatic carbocycles. The van der Waals surface area contributed by atoms with E-state index >= 15 is 0 Å². The van der Waals surface area contributed by atoms with Crippen LogP contribution in [0.2, 0.25) is 0 Å². The monoisotopic (exact) mass is 226 g/mol. The third-order valence-corrected chi connectivity index (χ3v) is 2.72. The van der Waals surface area contributed by atoms with Gasteiger partial charge in [-0.1, -0.05) is 49.8 Å². The molecule has 0 aliphatic carbocycles. The summed E-state index contributed by atoms with van der Waals surface area (Å²) in [7, 11) is 0. The summed E-state index contributed by atoms with van der Waals surface area (Å²) >= 11 is 0. The Morgan fingerprint density at radius 3 is 2.59 bits per heavy atom. The molecule has 90 valence electrons. The Balaban J connectivity index is 3.03. The predicted molar refractivity (Wildman–Crippen MR) is 76.9 cm³/mol. The molecule has 0 aromatic heterocycles. The summed E-state index contributed by atoms with van der Waals surface area (Å²) in [5.74, 6) is 0. The van der Waals surface area contributed by atoms with Crippen LogP contribution in [0, 0.1) is 0 Å². The van der Waals surface area contributed by atoms with Gasteiger partial charge in [-0.25, -0.2) is 0 Å². The molecule has 0 amide bonds. The van der Waals surface area contributed by atoms with E-state index in [0.717, 1.165) is 12.8 Å². The fraction of sp³-hybridized carbons (Fsp3) is 0.353. The van der Waals surface area contributed by atoms with Gasteiger partial charge >= 0.3 is 0 Å². The van der Waals surface area contributed by atoms with Gasteiger partial charge in [0, 0.05) is 5.57 Å². The van der Waals surface area contributed by atoms with Gasteiger partial charge in [-0.3, -0.25) is 0 Å². The number of unbranched alkanes of at least 4 members (excludes halogenated alkanes) is 1. The normalized spacial score (nSPS) is 9.53. The first-order valence-electron chi connectivity index (χ1n) is 6.39. The number of allylic oxidation sites excluding steroid dienone is 2. The summed E-state index contributed by atoms with van der Waals surface area (Å²) in [5.41, 5.74) is 7.41. The largest absolute Gasteiger partial charge is 0.118 e. The molecule has 0 aliphatic heterocycles. The molecule has 1 aromatic rings. The second kappa shape index (κ2) is 7.70. The van der Waals surface area contributed by atoms with E-state index in [2.05, 4.69) is 56.5 Å². The molecule has 0 fully saturated rings. The van der Waals surface area contributed by atoms with Gasteiger partial charge in [0.15, 0.2) is 0 Å². The van der Waals surface area contributed by atoms with E-state index in [9.17, 15) is 0 Å². The number of hydrogen-bond acceptors (Lipinski definition) is 0. The highest BCUT2D eigenvalue weighted by Gasteiger charge is 1.99. The molecule has 0 nitrogen and oxygen atoms in total. The van der Waals surface area contributed by atoms with Crippen LogP contribution in [0.25, 0.3) is 5.57 Å². The Morgan fingerprint density at radius 2 is 2.00 bits per heavy atom. The highest BCUT2D eigenvalue weighted by Crippen LogP contribution is 2.20. The minimum atomic E-state index is 0.919. The lowest BCUT2D eigenvalue weighted by molar-refractivity contribution is 0.824. The van der Waals surface area contributed by atoms with Gasteiger partial charge in [-0.15, -0.1) is 12.3 Å². The first-order valence-corrected chi connectivity index (χ1v) is 6.39. The molecule has 0 aliphatic rings. The molecular formula is C17H22. The topological polar surface area (TPSA) is 0 Å². The number of benzene rings is 1. The first kappa shape index (κ1) is 13.5. The zero-order valence-corrected chi connectivity index (χ0v) is 11.0. The number of hydrogen-bond donors (Lipinski definition) is 0. The van der Waals surface area contributed by atoms with E-state index in [1.165, 1.54) is 29.6 Å². The van der Waals surface area contributed by atoms with E-state index in [0.29, 0.717) is 0 Å². The lowest BCUT2D eigenvalue weighted by Crippen LogP contribution is -1.84. The van der Waals surface area contributed by atoms with Gasteiger partial charge < -0.3 is 0 Å². The summed E-state index contributed by atoms with van der Waals surface area (Å²) in [5, 5.41) is 0. The molecule has 1 rings (SSSR count). The summed E-state index contributed by atoms with van der Waals surface area (Å²) in [6.07, 6.45) is 6.40. The Morgan fingerprint density at radius 1 is 1.29 bits per heavy atom. The predicted octanol–water partition coefficient (Wildman–Crippen LogP) is 5.38. The first-order chi connectivity index (χ1) is 8.27. The Hall–Kier alpha value is -1.52. The maximum absolute atomic E-state index is 3.77. The molecule has 0 atom stereocenters. The number of rotatable bonds is 6. The van der Waals surface area contributed by atoms with Crippen LogP contribution in [0.3, 0.4) is 0 Å². The van der Waals surface area contributed by atoms with E-state index < -0.39 is 0 Å². The minimum Gasteiger partial charge on any atom is -0.118 e. The van der Waals surface area contributed by atoms with Crippen LogP contribution in [-0.4, -0.2) is 0 Å². The van der Waals surface area contributed by atoms with Gasteiger partial charge in [0.25, 0.3) is 0 Å². The smallest absolute Gasteiger partial charge is 0.00116 e. The van der Waals surface area contributed by atoms with E-state index in [-0.39, 0.29) is 0 Å². The van der Waals surface area contributed by atoms with Crippen LogP contribution >= 0.6 is 0 Å². The lowest BCUT2D eigenvalue weighted by Gasteiger charge is -2.04. The van der Waals surface area contributed by atoms with Gasteiger partial charge in [0.05, 0.1) is 0 Å². The fourth-order valence-corrected chi connectivity index (χ4v) is 1.80. The Labute approximate surface area is 105 Å². The molecule has 0 spiro atoms. The van der Waals surface area contributed by atoms with Crippen LogP contribution in [-0.2, 0) is 0 Å². The van der Waals surface area contributed by atoms with Gasteiger partial charge in [-0.05, 0) is 37.3 Å². The maximum Gasteiger partial charge on any atom is 0.00116 e. The molecule has 0 saturated heterocycles. The van der Waals surface area contributed by atoms with Crippen LogP contribution in [0.5, 0.6) is 0 Å². The summed E-state index contributed by atoms with van der Waals surface area (Å²) in [6.45, 7) is 8.12. The maximum atomic E-state index is 3.77. The molecule has 0 unspecified atom stereocenters. The average Bonchev–Trinajstić information content (AvgIpc) is 2.36. The zero-order valence-electron chi connectivity index (χ0n) is 11.0. The second-order valence-electron chi connectivity index (χ2n) is 4.35. The second-order valence-corrected chi connectivity index (χ2v) is 4.35. The molecule has 0 saturated carbocycles. The SMILES string of the molecule is C=CCC(C)=C=C(CCCC)c1ccccc1. The van der Waals surface area contributed by atoms with E-state index in [1.54, 1.807) is 0 Å². The molecular weight excluding hydrogens is 204 g/mol. The van der Waals surface area contributed by atoms with Crippen molar-refractivity contribution in [2.75, 3.05) is 0 Å². The molecule has 17 heavy (non-hydrogen) atoms. The average molecular weight is 226 g/mol. The van der Waals surface area contributed by atoms with Crippen molar-refractivity contribution in [3.05, 3.63) is 59.9 Å². The van der Waals surface area contributed by atoms with Crippen molar-refractivity contribution >= 4 is 5.57 Å². The van der Waals surface area contributed by atoms with Crippen molar-refractivity contribution in [1.82, 2.24) is 0 Å².